The molecule has 2 aromatic heterocycles. The van der Waals surface area contributed by atoms with Crippen molar-refractivity contribution < 1.29 is 0 Å². The topological polar surface area (TPSA) is 45.8 Å². The van der Waals surface area contributed by atoms with Gasteiger partial charge in [-0.05, 0) is 30.7 Å². The third-order valence-electron chi connectivity index (χ3n) is 2.81. The fourth-order valence-corrected chi connectivity index (χ4v) is 1.97. The van der Waals surface area contributed by atoms with Crippen LogP contribution in [0.5, 0.6) is 0 Å². The van der Waals surface area contributed by atoms with Crippen molar-refractivity contribution in [2.45, 2.75) is 6.92 Å². The molecular formula is C13H10N2O. The molecule has 0 saturated heterocycles. The van der Waals surface area contributed by atoms with Gasteiger partial charge in [-0.25, -0.2) is 4.98 Å². The molecule has 1 N–H and O–H groups in total. The van der Waals surface area contributed by atoms with Gasteiger partial charge in [0.2, 0.25) is 0 Å². The van der Waals surface area contributed by atoms with Gasteiger partial charge in [0, 0.05) is 11.6 Å². The fourth-order valence-electron chi connectivity index (χ4n) is 1.97. The van der Waals surface area contributed by atoms with Crippen LogP contribution in [0, 0.1) is 6.92 Å². The summed E-state index contributed by atoms with van der Waals surface area (Å²) in [5, 5.41) is 1.36. The lowest BCUT2D eigenvalue weighted by molar-refractivity contribution is 1.30. The molecule has 0 saturated carbocycles. The average molecular weight is 210 g/mol. The Morgan fingerprint density at radius 2 is 1.94 bits per heavy atom. The second-order valence-corrected chi connectivity index (χ2v) is 3.85. The first kappa shape index (κ1) is 9.09. The third kappa shape index (κ3) is 1.15. The van der Waals surface area contributed by atoms with E-state index in [0.717, 1.165) is 16.5 Å². The summed E-state index contributed by atoms with van der Waals surface area (Å²) in [7, 11) is 0. The molecule has 0 radical (unpaired) electrons. The maximum absolute atomic E-state index is 12.2. The molecule has 3 aromatic rings. The molecule has 0 aliphatic carbocycles. The molecule has 78 valence electrons. The van der Waals surface area contributed by atoms with Crippen LogP contribution in [0.4, 0.5) is 0 Å². The Labute approximate surface area is 91.8 Å². The highest BCUT2D eigenvalue weighted by Crippen LogP contribution is 2.15. The lowest BCUT2D eigenvalue weighted by atomic mass is 10.1. The van der Waals surface area contributed by atoms with Gasteiger partial charge in [0.15, 0.2) is 5.43 Å². The van der Waals surface area contributed by atoms with Crippen LogP contribution in [0.25, 0.3) is 21.9 Å². The lowest BCUT2D eigenvalue weighted by Crippen LogP contribution is -2.05. The zero-order valence-electron chi connectivity index (χ0n) is 8.82. The first-order chi connectivity index (χ1) is 7.77. The minimum absolute atomic E-state index is 0.0422. The lowest BCUT2D eigenvalue weighted by Gasteiger charge is -2.03. The van der Waals surface area contributed by atoms with Gasteiger partial charge in [-0.3, -0.25) is 4.79 Å². The first-order valence-electron chi connectivity index (χ1n) is 5.14. The molecule has 0 unspecified atom stereocenters. The standard InChI is InChI=1S/C13H10N2O/c1-8-4-2-5-9-11(8)15-13-10(12(9)16)6-3-7-14-13/h2-7H,1H3,(H,14,15,16). The Balaban J connectivity index is 2.67. The summed E-state index contributed by atoms with van der Waals surface area (Å²) in [6.45, 7) is 1.98. The number of hydrogen-bond donors (Lipinski definition) is 1. The van der Waals surface area contributed by atoms with E-state index in [4.69, 9.17) is 0 Å². The average Bonchev–Trinajstić information content (AvgIpc) is 2.31. The highest BCUT2D eigenvalue weighted by atomic mass is 16.1. The molecule has 0 bridgehead atoms. The number of pyridine rings is 2. The number of hydrogen-bond acceptors (Lipinski definition) is 2. The summed E-state index contributed by atoms with van der Waals surface area (Å²) in [6.07, 6.45) is 1.68. The fraction of sp³-hybridized carbons (Fsp3) is 0.0769. The minimum atomic E-state index is 0.0422. The number of aryl methyl sites for hydroxylation is 1. The van der Waals surface area contributed by atoms with Crippen molar-refractivity contribution in [3.63, 3.8) is 0 Å². The summed E-state index contributed by atoms with van der Waals surface area (Å²) >= 11 is 0. The Hall–Kier alpha value is -2.16. The van der Waals surface area contributed by atoms with Gasteiger partial charge in [0.25, 0.3) is 0 Å². The second kappa shape index (κ2) is 3.17. The smallest absolute Gasteiger partial charge is 0.198 e. The predicted molar refractivity (Wildman–Crippen MR) is 64.6 cm³/mol. The van der Waals surface area contributed by atoms with Crippen LogP contribution in [0.15, 0.2) is 41.3 Å². The molecule has 0 spiro atoms. The Morgan fingerprint density at radius 3 is 2.81 bits per heavy atom. The van der Waals surface area contributed by atoms with E-state index in [1.54, 1.807) is 18.3 Å². The van der Waals surface area contributed by atoms with E-state index in [1.165, 1.54) is 0 Å². The molecule has 1 aromatic carbocycles. The molecule has 0 aliphatic rings. The summed E-state index contributed by atoms with van der Waals surface area (Å²) in [4.78, 5) is 19.6. The van der Waals surface area contributed by atoms with E-state index in [1.807, 2.05) is 25.1 Å². The van der Waals surface area contributed by atoms with Crippen molar-refractivity contribution in [1.29, 1.82) is 0 Å². The summed E-state index contributed by atoms with van der Waals surface area (Å²) < 4.78 is 0. The quantitative estimate of drug-likeness (QED) is 0.579. The highest BCUT2D eigenvalue weighted by Gasteiger charge is 2.06. The molecule has 0 amide bonds. The molecule has 3 rings (SSSR count). The van der Waals surface area contributed by atoms with Crippen LogP contribution in [0.3, 0.4) is 0 Å². The molecular weight excluding hydrogens is 200 g/mol. The summed E-state index contributed by atoms with van der Waals surface area (Å²) in [5.74, 6) is 0. The number of nitrogens with zero attached hydrogens (tertiary/aromatic N) is 1. The van der Waals surface area contributed by atoms with Gasteiger partial charge < -0.3 is 4.98 Å². The van der Waals surface area contributed by atoms with Gasteiger partial charge in [-0.2, -0.15) is 0 Å². The van der Waals surface area contributed by atoms with Crippen molar-refractivity contribution in [3.05, 3.63) is 52.3 Å². The van der Waals surface area contributed by atoms with Crippen LogP contribution in [-0.4, -0.2) is 9.97 Å². The molecule has 3 nitrogen and oxygen atoms in total. The van der Waals surface area contributed by atoms with Crippen molar-refractivity contribution in [3.8, 4) is 0 Å². The number of nitrogens with one attached hydrogen (secondary N) is 1. The van der Waals surface area contributed by atoms with Gasteiger partial charge >= 0.3 is 0 Å². The van der Waals surface area contributed by atoms with E-state index in [9.17, 15) is 4.79 Å². The van der Waals surface area contributed by atoms with E-state index in [0.29, 0.717) is 11.0 Å². The number of aromatic amines is 1. The van der Waals surface area contributed by atoms with Crippen molar-refractivity contribution >= 4 is 21.9 Å². The number of H-pyrrole nitrogens is 1. The first-order valence-corrected chi connectivity index (χ1v) is 5.14. The predicted octanol–water partition coefficient (Wildman–Crippen LogP) is 2.38. The van der Waals surface area contributed by atoms with Gasteiger partial charge in [-0.1, -0.05) is 12.1 Å². The monoisotopic (exact) mass is 210 g/mol. The molecule has 2 heterocycles. The molecule has 0 atom stereocenters. The Kier molecular flexibility index (Phi) is 1.80. The van der Waals surface area contributed by atoms with E-state index < -0.39 is 0 Å². The zero-order valence-corrected chi connectivity index (χ0v) is 8.82. The molecule has 16 heavy (non-hydrogen) atoms. The number of fused-ring (bicyclic) bond motifs is 2. The van der Waals surface area contributed by atoms with Gasteiger partial charge in [-0.15, -0.1) is 0 Å². The van der Waals surface area contributed by atoms with Gasteiger partial charge in [0.05, 0.1) is 10.9 Å². The van der Waals surface area contributed by atoms with E-state index >= 15 is 0 Å². The van der Waals surface area contributed by atoms with Crippen LogP contribution < -0.4 is 5.43 Å². The van der Waals surface area contributed by atoms with Crippen molar-refractivity contribution in [2.24, 2.45) is 0 Å². The minimum Gasteiger partial charge on any atom is -0.339 e. The highest BCUT2D eigenvalue weighted by molar-refractivity contribution is 5.92. The maximum Gasteiger partial charge on any atom is 0.198 e. The van der Waals surface area contributed by atoms with Crippen molar-refractivity contribution in [1.82, 2.24) is 9.97 Å². The molecule has 3 heteroatoms. The number of rotatable bonds is 0. The van der Waals surface area contributed by atoms with Gasteiger partial charge in [0.1, 0.15) is 5.65 Å². The second-order valence-electron chi connectivity index (χ2n) is 3.85. The normalized spacial score (nSPS) is 11.1. The number of aromatic nitrogens is 2. The van der Waals surface area contributed by atoms with E-state index in [2.05, 4.69) is 9.97 Å². The number of benzene rings is 1. The van der Waals surface area contributed by atoms with Crippen LogP contribution in [0.2, 0.25) is 0 Å². The maximum atomic E-state index is 12.2. The summed E-state index contributed by atoms with van der Waals surface area (Å²) in [6, 6.07) is 9.29. The molecule has 0 fully saturated rings. The van der Waals surface area contributed by atoms with E-state index in [-0.39, 0.29) is 5.43 Å². The third-order valence-corrected chi connectivity index (χ3v) is 2.81. The largest absolute Gasteiger partial charge is 0.339 e. The number of para-hydroxylation sites is 1. The van der Waals surface area contributed by atoms with Crippen LogP contribution in [0.1, 0.15) is 5.56 Å². The zero-order chi connectivity index (χ0) is 11.1. The van der Waals surface area contributed by atoms with Crippen LogP contribution >= 0.6 is 0 Å². The SMILES string of the molecule is Cc1cccc2c(=O)c3cccnc3[nH]c12. The Morgan fingerprint density at radius 1 is 1.12 bits per heavy atom. The Bertz CT molecular complexity index is 744. The molecule has 0 aliphatic heterocycles. The van der Waals surface area contributed by atoms with Crippen LogP contribution in [-0.2, 0) is 0 Å². The van der Waals surface area contributed by atoms with Crippen molar-refractivity contribution in [2.75, 3.05) is 0 Å². The summed E-state index contributed by atoms with van der Waals surface area (Å²) in [5.41, 5.74) is 2.62.